The van der Waals surface area contributed by atoms with E-state index >= 15 is 0 Å². The first-order valence-electron chi connectivity index (χ1n) is 8.75. The highest BCUT2D eigenvalue weighted by Crippen LogP contribution is 2.24. The predicted molar refractivity (Wildman–Crippen MR) is 101 cm³/mol. The molecule has 0 aliphatic carbocycles. The molecule has 1 aliphatic rings. The molecular weight excluding hydrogens is 344 g/mol. The number of anilines is 1. The number of hydrogen-bond acceptors (Lipinski definition) is 4. The van der Waals surface area contributed by atoms with Crippen LogP contribution in [-0.2, 0) is 4.79 Å². The first-order chi connectivity index (χ1) is 13.0. The Kier molecular flexibility index (Phi) is 4.27. The molecule has 1 aromatic carbocycles. The summed E-state index contributed by atoms with van der Waals surface area (Å²) in [6.45, 7) is 2.38. The van der Waals surface area contributed by atoms with Crippen molar-refractivity contribution in [2.75, 3.05) is 18.6 Å². The van der Waals surface area contributed by atoms with Gasteiger partial charge >= 0.3 is 0 Å². The van der Waals surface area contributed by atoms with Crippen molar-refractivity contribution in [1.82, 2.24) is 14.7 Å². The van der Waals surface area contributed by atoms with Gasteiger partial charge in [-0.25, -0.2) is 4.98 Å². The van der Waals surface area contributed by atoms with Crippen molar-refractivity contribution >= 4 is 23.1 Å². The summed E-state index contributed by atoms with van der Waals surface area (Å²) in [6, 6.07) is 10.9. The molecule has 1 atom stereocenters. The molecule has 0 unspecified atom stereocenters. The van der Waals surface area contributed by atoms with Crippen molar-refractivity contribution < 1.29 is 14.3 Å². The van der Waals surface area contributed by atoms with Crippen molar-refractivity contribution in [3.05, 3.63) is 60.0 Å². The standard InChI is InChI=1S/C20H20N4O3/c1-13-4-3-9-23-12-17(22-19(13)23)20(26)21-14-10-18(25)24(11-14)15-5-7-16(27-2)8-6-15/h3-9,12,14H,10-11H2,1-2H3,(H,21,26)/t14-/m0/s1. The third-order valence-electron chi connectivity index (χ3n) is 4.75. The number of pyridine rings is 1. The summed E-state index contributed by atoms with van der Waals surface area (Å²) in [5.41, 5.74) is 2.89. The summed E-state index contributed by atoms with van der Waals surface area (Å²) in [5, 5.41) is 2.93. The number of carbonyl (C=O) groups is 2. The fraction of sp³-hybridized carbons (Fsp3) is 0.250. The van der Waals surface area contributed by atoms with Gasteiger partial charge in [0.15, 0.2) is 0 Å². The lowest BCUT2D eigenvalue weighted by molar-refractivity contribution is -0.117. The van der Waals surface area contributed by atoms with Crippen LogP contribution in [0.25, 0.3) is 5.65 Å². The van der Waals surface area contributed by atoms with Gasteiger partial charge in [0.2, 0.25) is 5.91 Å². The van der Waals surface area contributed by atoms with E-state index < -0.39 is 0 Å². The van der Waals surface area contributed by atoms with E-state index in [2.05, 4.69) is 10.3 Å². The Morgan fingerprint density at radius 2 is 2.04 bits per heavy atom. The van der Waals surface area contributed by atoms with Gasteiger partial charge < -0.3 is 19.4 Å². The lowest BCUT2D eigenvalue weighted by atomic mass is 10.2. The van der Waals surface area contributed by atoms with E-state index in [1.165, 1.54) is 0 Å². The zero-order valence-electron chi connectivity index (χ0n) is 15.2. The number of carbonyl (C=O) groups excluding carboxylic acids is 2. The van der Waals surface area contributed by atoms with E-state index in [-0.39, 0.29) is 24.3 Å². The minimum atomic E-state index is -0.271. The molecular formula is C20H20N4O3. The SMILES string of the molecule is COc1ccc(N2C[C@@H](NC(=O)c3cn4cccc(C)c4n3)CC2=O)cc1. The second kappa shape index (κ2) is 6.75. The van der Waals surface area contributed by atoms with Crippen LogP contribution in [0.15, 0.2) is 48.8 Å². The van der Waals surface area contributed by atoms with Crippen molar-refractivity contribution in [3.63, 3.8) is 0 Å². The minimum absolute atomic E-state index is 0.0173. The van der Waals surface area contributed by atoms with Crippen molar-refractivity contribution in [3.8, 4) is 5.75 Å². The Morgan fingerprint density at radius 3 is 2.74 bits per heavy atom. The lowest BCUT2D eigenvalue weighted by Crippen LogP contribution is -2.37. The van der Waals surface area contributed by atoms with Crippen molar-refractivity contribution in [1.29, 1.82) is 0 Å². The van der Waals surface area contributed by atoms with Crippen LogP contribution in [0.5, 0.6) is 5.75 Å². The maximum atomic E-state index is 12.6. The molecule has 7 heteroatoms. The summed E-state index contributed by atoms with van der Waals surface area (Å²) >= 11 is 0. The van der Waals surface area contributed by atoms with Gasteiger partial charge in [-0.3, -0.25) is 9.59 Å². The summed E-state index contributed by atoms with van der Waals surface area (Å²) in [7, 11) is 1.60. The van der Waals surface area contributed by atoms with Gasteiger partial charge in [-0.2, -0.15) is 0 Å². The van der Waals surface area contributed by atoms with Gasteiger partial charge in [0.25, 0.3) is 5.91 Å². The van der Waals surface area contributed by atoms with Crippen LogP contribution in [-0.4, -0.2) is 40.9 Å². The van der Waals surface area contributed by atoms with Crippen LogP contribution in [0.4, 0.5) is 5.69 Å². The molecule has 1 fully saturated rings. The third-order valence-corrected chi connectivity index (χ3v) is 4.75. The highest BCUT2D eigenvalue weighted by molar-refractivity contribution is 5.98. The Morgan fingerprint density at radius 1 is 1.26 bits per heavy atom. The number of aromatic nitrogens is 2. The van der Waals surface area contributed by atoms with Gasteiger partial charge in [0, 0.05) is 31.0 Å². The van der Waals surface area contributed by atoms with Crippen molar-refractivity contribution in [2.24, 2.45) is 0 Å². The second-order valence-electron chi connectivity index (χ2n) is 6.63. The van der Waals surface area contributed by atoms with E-state index in [0.717, 1.165) is 22.6 Å². The molecule has 0 bridgehead atoms. The Balaban J connectivity index is 1.47. The van der Waals surface area contributed by atoms with Crippen LogP contribution in [0.3, 0.4) is 0 Å². The molecule has 1 aliphatic heterocycles. The molecule has 1 N–H and O–H groups in total. The number of rotatable bonds is 4. The zero-order chi connectivity index (χ0) is 19.0. The van der Waals surface area contributed by atoms with Gasteiger partial charge in [-0.1, -0.05) is 6.07 Å². The van der Waals surface area contributed by atoms with Crippen LogP contribution in [0.1, 0.15) is 22.5 Å². The summed E-state index contributed by atoms with van der Waals surface area (Å²) in [4.78, 5) is 31.0. The highest BCUT2D eigenvalue weighted by atomic mass is 16.5. The number of fused-ring (bicyclic) bond motifs is 1. The maximum absolute atomic E-state index is 12.6. The monoisotopic (exact) mass is 364 g/mol. The lowest BCUT2D eigenvalue weighted by Gasteiger charge is -2.17. The van der Waals surface area contributed by atoms with Gasteiger partial charge in [0.05, 0.1) is 13.2 Å². The number of nitrogens with zero attached hydrogens (tertiary/aromatic N) is 3. The average molecular weight is 364 g/mol. The molecule has 0 spiro atoms. The predicted octanol–water partition coefficient (Wildman–Crippen LogP) is 2.19. The summed E-state index contributed by atoms with van der Waals surface area (Å²) in [6.07, 6.45) is 3.83. The zero-order valence-corrected chi connectivity index (χ0v) is 15.2. The molecule has 1 saturated heterocycles. The molecule has 138 valence electrons. The fourth-order valence-electron chi connectivity index (χ4n) is 3.34. The second-order valence-corrected chi connectivity index (χ2v) is 6.63. The fourth-order valence-corrected chi connectivity index (χ4v) is 3.34. The average Bonchev–Trinajstić information content (AvgIpc) is 3.26. The Bertz CT molecular complexity index is 1010. The van der Waals surface area contributed by atoms with E-state index in [0.29, 0.717) is 12.2 Å². The Hall–Kier alpha value is -3.35. The van der Waals surface area contributed by atoms with Gasteiger partial charge in [-0.15, -0.1) is 0 Å². The third kappa shape index (κ3) is 3.23. The minimum Gasteiger partial charge on any atom is -0.497 e. The number of nitrogens with one attached hydrogen (secondary N) is 1. The summed E-state index contributed by atoms with van der Waals surface area (Å²) in [5.74, 6) is 0.446. The molecule has 3 heterocycles. The molecule has 3 aromatic rings. The van der Waals surface area contributed by atoms with Gasteiger partial charge in [-0.05, 0) is 42.8 Å². The van der Waals surface area contributed by atoms with E-state index in [9.17, 15) is 9.59 Å². The molecule has 7 nitrogen and oxygen atoms in total. The summed E-state index contributed by atoms with van der Waals surface area (Å²) < 4.78 is 6.97. The number of amides is 2. The number of aryl methyl sites for hydroxylation is 1. The van der Waals surface area contributed by atoms with Crippen molar-refractivity contribution in [2.45, 2.75) is 19.4 Å². The van der Waals surface area contributed by atoms with Crippen LogP contribution < -0.4 is 15.0 Å². The quantitative estimate of drug-likeness (QED) is 0.770. The van der Waals surface area contributed by atoms with Crippen LogP contribution >= 0.6 is 0 Å². The number of methoxy groups -OCH3 is 1. The number of ether oxygens (including phenoxy) is 1. The smallest absolute Gasteiger partial charge is 0.271 e. The first-order valence-corrected chi connectivity index (χ1v) is 8.75. The van der Waals surface area contributed by atoms with E-state index in [4.69, 9.17) is 4.74 Å². The molecule has 2 aromatic heterocycles. The molecule has 0 radical (unpaired) electrons. The molecule has 2 amide bonds. The molecule has 4 rings (SSSR count). The van der Waals surface area contributed by atoms with E-state index in [1.807, 2.05) is 53.9 Å². The van der Waals surface area contributed by atoms with Gasteiger partial charge in [0.1, 0.15) is 17.1 Å². The number of benzene rings is 1. The van der Waals surface area contributed by atoms with Crippen LogP contribution in [0.2, 0.25) is 0 Å². The maximum Gasteiger partial charge on any atom is 0.271 e. The topological polar surface area (TPSA) is 75.9 Å². The van der Waals surface area contributed by atoms with Crippen LogP contribution in [0, 0.1) is 6.92 Å². The normalized spacial score (nSPS) is 16.7. The van der Waals surface area contributed by atoms with E-state index in [1.54, 1.807) is 18.2 Å². The number of imidazole rings is 1. The number of hydrogen-bond donors (Lipinski definition) is 1. The molecule has 0 saturated carbocycles. The molecule has 27 heavy (non-hydrogen) atoms. The largest absolute Gasteiger partial charge is 0.497 e. The Labute approximate surface area is 156 Å². The first kappa shape index (κ1) is 17.1. The highest BCUT2D eigenvalue weighted by Gasteiger charge is 2.32.